The van der Waals surface area contributed by atoms with Gasteiger partial charge >= 0.3 is 0 Å². The van der Waals surface area contributed by atoms with E-state index in [1.54, 1.807) is 0 Å². The average Bonchev–Trinajstić information content (AvgIpc) is 2.52. The molecular formula is C19H25N3O3S. The Labute approximate surface area is 155 Å². The van der Waals surface area contributed by atoms with Crippen LogP contribution < -0.4 is 14.4 Å². The summed E-state index contributed by atoms with van der Waals surface area (Å²) in [5.74, 6) is 0. The number of rotatable bonds is 2. The van der Waals surface area contributed by atoms with Crippen LogP contribution in [0.5, 0.6) is 0 Å². The molecule has 0 bridgehead atoms. The molecule has 0 unspecified atom stereocenters. The summed E-state index contributed by atoms with van der Waals surface area (Å²) in [4.78, 5) is 4.28. The van der Waals surface area contributed by atoms with Gasteiger partial charge < -0.3 is 14.4 Å². The third kappa shape index (κ3) is 4.83. The van der Waals surface area contributed by atoms with Crippen LogP contribution in [0.1, 0.15) is 0 Å². The number of nitrogens with zero attached hydrogens (tertiary/aromatic N) is 3. The lowest BCUT2D eigenvalue weighted by atomic mass is 10.1. The van der Waals surface area contributed by atoms with Crippen molar-refractivity contribution in [3.8, 4) is 0 Å². The average molecular weight is 375 g/mol. The minimum absolute atomic E-state index is 0.604. The van der Waals surface area contributed by atoms with Crippen LogP contribution in [0.2, 0.25) is 0 Å². The number of hydrogen-bond acceptors (Lipinski definition) is 5. The van der Waals surface area contributed by atoms with Gasteiger partial charge in [0.05, 0.1) is 10.1 Å². The fourth-order valence-electron chi connectivity index (χ4n) is 2.74. The van der Waals surface area contributed by atoms with E-state index in [1.165, 1.54) is 33.2 Å². The molecule has 3 rings (SSSR count). The standard InChI is InChI=1S/C18H22N3.CH4O3S/c1-19(2)15-8-6-13-10-14-7-9-16(20(3)4)12-18(14)21(5)17(13)11-15;1-5(2,3)4/h6-12H,1-5H3;1H3,(H,2,3,4)/q+1;/p-1. The van der Waals surface area contributed by atoms with Crippen molar-refractivity contribution in [1.82, 2.24) is 0 Å². The van der Waals surface area contributed by atoms with E-state index in [9.17, 15) is 0 Å². The number of pyridine rings is 1. The highest BCUT2D eigenvalue weighted by Crippen LogP contribution is 2.24. The molecule has 0 fully saturated rings. The van der Waals surface area contributed by atoms with E-state index < -0.39 is 10.1 Å². The topological polar surface area (TPSA) is 67.6 Å². The lowest BCUT2D eigenvalue weighted by Gasteiger charge is -2.14. The van der Waals surface area contributed by atoms with Crippen molar-refractivity contribution >= 4 is 43.3 Å². The van der Waals surface area contributed by atoms with Crippen LogP contribution in [0, 0.1) is 0 Å². The van der Waals surface area contributed by atoms with Crippen LogP contribution in [-0.4, -0.2) is 47.4 Å². The molecule has 0 aliphatic rings. The monoisotopic (exact) mass is 375 g/mol. The third-order valence-electron chi connectivity index (χ3n) is 4.09. The van der Waals surface area contributed by atoms with Gasteiger partial charge in [-0.05, 0) is 30.3 Å². The second kappa shape index (κ2) is 7.47. The SMILES string of the molecule is CN(C)c1ccc2cc3ccc(N(C)C)cc3[n+](C)c2c1.CS(=O)(=O)[O-]. The first-order chi connectivity index (χ1) is 12.0. The van der Waals surface area contributed by atoms with Crippen LogP contribution in [-0.2, 0) is 17.2 Å². The maximum absolute atomic E-state index is 9.08. The van der Waals surface area contributed by atoms with Gasteiger partial charge in [0.15, 0.2) is 0 Å². The van der Waals surface area contributed by atoms with Gasteiger partial charge in [0, 0.05) is 68.7 Å². The number of aryl methyl sites for hydroxylation is 1. The quantitative estimate of drug-likeness (QED) is 0.390. The highest BCUT2D eigenvalue weighted by molar-refractivity contribution is 7.84. The molecule has 140 valence electrons. The Hall–Kier alpha value is -2.38. The van der Waals surface area contributed by atoms with E-state index >= 15 is 0 Å². The molecule has 0 saturated heterocycles. The van der Waals surface area contributed by atoms with Gasteiger partial charge in [-0.3, -0.25) is 0 Å². The number of fused-ring (bicyclic) bond motifs is 2. The zero-order chi connectivity index (χ0) is 19.6. The smallest absolute Gasteiger partial charge is 0.214 e. The number of aromatic nitrogens is 1. The first-order valence-corrected chi connectivity index (χ1v) is 9.91. The minimum atomic E-state index is -3.92. The van der Waals surface area contributed by atoms with Crippen molar-refractivity contribution in [3.05, 3.63) is 42.5 Å². The van der Waals surface area contributed by atoms with E-state index in [-0.39, 0.29) is 0 Å². The highest BCUT2D eigenvalue weighted by atomic mass is 32.2. The second-order valence-electron chi connectivity index (χ2n) is 6.68. The largest absolute Gasteiger partial charge is 0.748 e. The molecule has 0 saturated carbocycles. The Balaban J connectivity index is 0.000000431. The van der Waals surface area contributed by atoms with Gasteiger partial charge in [0.1, 0.15) is 7.05 Å². The molecule has 1 heterocycles. The fraction of sp³-hybridized carbons (Fsp3) is 0.316. The Morgan fingerprint density at radius 2 is 1.15 bits per heavy atom. The van der Waals surface area contributed by atoms with E-state index in [1.807, 2.05) is 0 Å². The molecule has 0 aliphatic carbocycles. The zero-order valence-corrected chi connectivity index (χ0v) is 16.8. The van der Waals surface area contributed by atoms with Crippen LogP contribution >= 0.6 is 0 Å². The van der Waals surface area contributed by atoms with Crippen molar-refractivity contribution in [1.29, 1.82) is 0 Å². The van der Waals surface area contributed by atoms with E-state index in [0.717, 1.165) is 0 Å². The second-order valence-corrected chi connectivity index (χ2v) is 8.09. The molecule has 7 heteroatoms. The molecule has 0 aliphatic heterocycles. The van der Waals surface area contributed by atoms with Crippen molar-refractivity contribution in [2.75, 3.05) is 44.2 Å². The maximum Gasteiger partial charge on any atom is 0.214 e. The van der Waals surface area contributed by atoms with Crippen LogP contribution in [0.15, 0.2) is 42.5 Å². The summed E-state index contributed by atoms with van der Waals surface area (Å²) in [7, 11) is 6.53. The highest BCUT2D eigenvalue weighted by Gasteiger charge is 2.13. The molecule has 0 spiro atoms. The molecular weight excluding hydrogens is 350 g/mol. The molecule has 0 radical (unpaired) electrons. The Morgan fingerprint density at radius 3 is 1.46 bits per heavy atom. The summed E-state index contributed by atoms with van der Waals surface area (Å²) in [6, 6.07) is 15.5. The summed E-state index contributed by atoms with van der Waals surface area (Å²) in [6.07, 6.45) is 0.604. The lowest BCUT2D eigenvalue weighted by Crippen LogP contribution is -2.30. The molecule has 6 nitrogen and oxygen atoms in total. The summed E-state index contributed by atoms with van der Waals surface area (Å²) in [6.45, 7) is 0. The first-order valence-electron chi connectivity index (χ1n) is 8.09. The molecule has 26 heavy (non-hydrogen) atoms. The summed E-state index contributed by atoms with van der Waals surface area (Å²) >= 11 is 0. The van der Waals surface area contributed by atoms with Crippen molar-refractivity contribution in [3.63, 3.8) is 0 Å². The molecule has 0 N–H and O–H groups in total. The van der Waals surface area contributed by atoms with Gasteiger partial charge in [-0.15, -0.1) is 0 Å². The Bertz CT molecular complexity index is 971. The summed E-state index contributed by atoms with van der Waals surface area (Å²) in [5, 5.41) is 2.54. The molecule has 2 aromatic carbocycles. The molecule has 1 aromatic heterocycles. The predicted octanol–water partition coefficient (Wildman–Crippen LogP) is 2.11. The van der Waals surface area contributed by atoms with Gasteiger partial charge in [0.25, 0.3) is 0 Å². The molecule has 0 amide bonds. The minimum Gasteiger partial charge on any atom is -0.748 e. The fourth-order valence-corrected chi connectivity index (χ4v) is 2.74. The Kier molecular flexibility index (Phi) is 5.73. The molecule has 0 atom stereocenters. The van der Waals surface area contributed by atoms with E-state index in [0.29, 0.717) is 6.26 Å². The summed E-state index contributed by atoms with van der Waals surface area (Å²) in [5.41, 5.74) is 4.96. The van der Waals surface area contributed by atoms with Crippen molar-refractivity contribution < 1.29 is 17.5 Å². The van der Waals surface area contributed by atoms with Gasteiger partial charge in [-0.2, -0.15) is 4.57 Å². The first kappa shape index (κ1) is 19.9. The normalized spacial score (nSPS) is 11.2. The summed E-state index contributed by atoms with van der Waals surface area (Å²) < 4.78 is 29.5. The van der Waals surface area contributed by atoms with Gasteiger partial charge in [-0.1, -0.05) is 0 Å². The van der Waals surface area contributed by atoms with Crippen LogP contribution in [0.3, 0.4) is 0 Å². The Morgan fingerprint density at radius 1 is 0.808 bits per heavy atom. The zero-order valence-electron chi connectivity index (χ0n) is 16.0. The van der Waals surface area contributed by atoms with Gasteiger partial charge in [-0.25, -0.2) is 8.42 Å². The third-order valence-corrected chi connectivity index (χ3v) is 4.09. The number of hydrogen-bond donors (Lipinski definition) is 0. The van der Waals surface area contributed by atoms with Gasteiger partial charge in [0.2, 0.25) is 11.0 Å². The number of anilines is 2. The van der Waals surface area contributed by atoms with Crippen LogP contribution in [0.4, 0.5) is 11.4 Å². The number of benzene rings is 2. The molecule has 3 aromatic rings. The van der Waals surface area contributed by atoms with Crippen molar-refractivity contribution in [2.45, 2.75) is 0 Å². The lowest BCUT2D eigenvalue weighted by molar-refractivity contribution is -0.617. The van der Waals surface area contributed by atoms with Crippen LogP contribution in [0.25, 0.3) is 21.8 Å². The predicted molar refractivity (Wildman–Crippen MR) is 107 cm³/mol. The van der Waals surface area contributed by atoms with E-state index in [2.05, 4.69) is 92.1 Å². The maximum atomic E-state index is 9.08. The van der Waals surface area contributed by atoms with E-state index in [4.69, 9.17) is 13.0 Å². The van der Waals surface area contributed by atoms with Crippen molar-refractivity contribution in [2.24, 2.45) is 7.05 Å².